The smallest absolute Gasteiger partial charge is 0.144 e. The second-order valence-electron chi connectivity index (χ2n) is 5.50. The molecule has 0 N–H and O–H groups in total. The summed E-state index contributed by atoms with van der Waals surface area (Å²) in [4.78, 5) is 0. The lowest BCUT2D eigenvalue weighted by molar-refractivity contribution is 0.411. The molecule has 3 heteroatoms. The maximum atomic E-state index is 5.39. The molecular formula is C15H20N2O. The molecule has 0 unspecified atom stereocenters. The summed E-state index contributed by atoms with van der Waals surface area (Å²) in [6, 6.07) is 10.1. The lowest BCUT2D eigenvalue weighted by Crippen LogP contribution is -2.12. The molecule has 18 heavy (non-hydrogen) atoms. The van der Waals surface area contributed by atoms with Gasteiger partial charge in [-0.3, -0.25) is 0 Å². The Morgan fingerprint density at radius 2 is 1.83 bits per heavy atom. The number of hydrogen-bond acceptors (Lipinski definition) is 2. The molecule has 0 amide bonds. The second-order valence-corrected chi connectivity index (χ2v) is 5.50. The first kappa shape index (κ1) is 12.7. The van der Waals surface area contributed by atoms with Crippen LogP contribution in [-0.4, -0.2) is 16.9 Å². The number of nitrogens with zero attached hydrogens (tertiary/aromatic N) is 2. The molecule has 0 fully saturated rings. The highest BCUT2D eigenvalue weighted by atomic mass is 16.5. The number of rotatable bonds is 2. The minimum Gasteiger partial charge on any atom is -0.494 e. The lowest BCUT2D eigenvalue weighted by atomic mass is 9.92. The molecule has 0 saturated carbocycles. The first-order valence-corrected chi connectivity index (χ1v) is 6.14. The highest BCUT2D eigenvalue weighted by Crippen LogP contribution is 2.27. The number of methoxy groups -OCH3 is 1. The van der Waals surface area contributed by atoms with Gasteiger partial charge in [-0.05, 0) is 25.1 Å². The predicted octanol–water partition coefficient (Wildman–Crippen LogP) is 3.49. The van der Waals surface area contributed by atoms with E-state index in [0.29, 0.717) is 0 Å². The topological polar surface area (TPSA) is 27.1 Å². The molecule has 1 aromatic heterocycles. The van der Waals surface area contributed by atoms with Crippen LogP contribution in [0.3, 0.4) is 0 Å². The van der Waals surface area contributed by atoms with Crippen molar-refractivity contribution in [1.82, 2.24) is 9.78 Å². The monoisotopic (exact) mass is 244 g/mol. The van der Waals surface area contributed by atoms with Gasteiger partial charge in [-0.25, -0.2) is 4.68 Å². The Labute approximate surface area is 108 Å². The number of para-hydroxylation sites is 2. The molecular weight excluding hydrogens is 224 g/mol. The average molecular weight is 244 g/mol. The van der Waals surface area contributed by atoms with Crippen LogP contribution in [0.5, 0.6) is 5.75 Å². The van der Waals surface area contributed by atoms with Gasteiger partial charge in [0, 0.05) is 11.1 Å². The fourth-order valence-electron chi connectivity index (χ4n) is 1.89. The van der Waals surface area contributed by atoms with Crippen LogP contribution in [0.25, 0.3) is 5.69 Å². The highest BCUT2D eigenvalue weighted by molar-refractivity contribution is 5.47. The van der Waals surface area contributed by atoms with Crippen LogP contribution >= 0.6 is 0 Å². The van der Waals surface area contributed by atoms with Crippen LogP contribution in [0, 0.1) is 6.92 Å². The summed E-state index contributed by atoms with van der Waals surface area (Å²) >= 11 is 0. The number of hydrogen-bond donors (Lipinski definition) is 0. The van der Waals surface area contributed by atoms with Crippen LogP contribution in [0.15, 0.2) is 30.3 Å². The molecule has 1 heterocycles. The Bertz CT molecular complexity index is 550. The Kier molecular flexibility index (Phi) is 3.16. The molecule has 0 atom stereocenters. The molecule has 0 bridgehead atoms. The van der Waals surface area contributed by atoms with E-state index in [1.165, 1.54) is 0 Å². The average Bonchev–Trinajstić information content (AvgIpc) is 2.71. The second kappa shape index (κ2) is 4.48. The van der Waals surface area contributed by atoms with Crippen molar-refractivity contribution in [3.8, 4) is 11.4 Å². The largest absolute Gasteiger partial charge is 0.494 e. The Balaban J connectivity index is 2.55. The van der Waals surface area contributed by atoms with E-state index < -0.39 is 0 Å². The van der Waals surface area contributed by atoms with E-state index in [2.05, 4.69) is 33.8 Å². The first-order chi connectivity index (χ1) is 8.43. The molecule has 3 nitrogen and oxygen atoms in total. The van der Waals surface area contributed by atoms with E-state index in [-0.39, 0.29) is 5.41 Å². The Morgan fingerprint density at radius 1 is 1.17 bits per heavy atom. The zero-order chi connectivity index (χ0) is 13.3. The van der Waals surface area contributed by atoms with Gasteiger partial charge in [0.25, 0.3) is 0 Å². The lowest BCUT2D eigenvalue weighted by Gasteiger charge is -2.14. The van der Waals surface area contributed by atoms with Crippen LogP contribution < -0.4 is 4.74 Å². The van der Waals surface area contributed by atoms with Crippen LogP contribution in [0.2, 0.25) is 0 Å². The number of ether oxygens (including phenoxy) is 1. The van der Waals surface area contributed by atoms with Crippen molar-refractivity contribution in [3.05, 3.63) is 41.7 Å². The number of benzene rings is 1. The number of aryl methyl sites for hydroxylation is 1. The van der Waals surface area contributed by atoms with Crippen molar-refractivity contribution in [3.63, 3.8) is 0 Å². The van der Waals surface area contributed by atoms with Crippen molar-refractivity contribution in [2.75, 3.05) is 7.11 Å². The SMILES string of the molecule is COc1ccccc1-n1nc(C(C)(C)C)cc1C. The van der Waals surface area contributed by atoms with Gasteiger partial charge in [-0.1, -0.05) is 32.9 Å². The summed E-state index contributed by atoms with van der Waals surface area (Å²) in [7, 11) is 1.68. The maximum absolute atomic E-state index is 5.39. The normalized spacial score (nSPS) is 11.6. The third-order valence-electron chi connectivity index (χ3n) is 2.97. The first-order valence-electron chi connectivity index (χ1n) is 6.14. The molecule has 2 aromatic rings. The minimum atomic E-state index is 0.0536. The van der Waals surface area contributed by atoms with Crippen molar-refractivity contribution < 1.29 is 4.74 Å². The molecule has 0 spiro atoms. The van der Waals surface area contributed by atoms with Gasteiger partial charge in [0.1, 0.15) is 11.4 Å². The van der Waals surface area contributed by atoms with Crippen molar-refractivity contribution >= 4 is 0 Å². The summed E-state index contributed by atoms with van der Waals surface area (Å²) in [5, 5.41) is 4.70. The van der Waals surface area contributed by atoms with E-state index in [4.69, 9.17) is 9.84 Å². The zero-order valence-electron chi connectivity index (χ0n) is 11.7. The van der Waals surface area contributed by atoms with Gasteiger partial charge < -0.3 is 4.74 Å². The van der Waals surface area contributed by atoms with Gasteiger partial charge in [0.15, 0.2) is 0 Å². The minimum absolute atomic E-state index is 0.0536. The van der Waals surface area contributed by atoms with E-state index in [1.54, 1.807) is 7.11 Å². The standard InChI is InChI=1S/C15H20N2O/c1-11-10-14(15(2,3)4)16-17(11)12-8-6-7-9-13(12)18-5/h6-10H,1-5H3. The fourth-order valence-corrected chi connectivity index (χ4v) is 1.89. The van der Waals surface area contributed by atoms with Crippen LogP contribution in [-0.2, 0) is 5.41 Å². The molecule has 2 rings (SSSR count). The maximum Gasteiger partial charge on any atom is 0.144 e. The Morgan fingerprint density at radius 3 is 2.39 bits per heavy atom. The van der Waals surface area contributed by atoms with Gasteiger partial charge in [-0.15, -0.1) is 0 Å². The van der Waals surface area contributed by atoms with Crippen molar-refractivity contribution in [1.29, 1.82) is 0 Å². The summed E-state index contributed by atoms with van der Waals surface area (Å²) < 4.78 is 7.33. The Hall–Kier alpha value is -1.77. The summed E-state index contributed by atoms with van der Waals surface area (Å²) in [5.74, 6) is 0.837. The zero-order valence-corrected chi connectivity index (χ0v) is 11.7. The molecule has 0 aliphatic carbocycles. The molecule has 0 aliphatic rings. The van der Waals surface area contributed by atoms with E-state index in [0.717, 1.165) is 22.8 Å². The van der Waals surface area contributed by atoms with E-state index in [1.807, 2.05) is 28.9 Å². The highest BCUT2D eigenvalue weighted by Gasteiger charge is 2.19. The van der Waals surface area contributed by atoms with Gasteiger partial charge in [0.05, 0.1) is 12.8 Å². The summed E-state index contributed by atoms with van der Waals surface area (Å²) in [6.07, 6.45) is 0. The van der Waals surface area contributed by atoms with Crippen molar-refractivity contribution in [2.45, 2.75) is 33.1 Å². The van der Waals surface area contributed by atoms with Gasteiger partial charge >= 0.3 is 0 Å². The quantitative estimate of drug-likeness (QED) is 0.808. The number of aromatic nitrogens is 2. The fraction of sp³-hybridized carbons (Fsp3) is 0.400. The third kappa shape index (κ3) is 2.26. The molecule has 0 saturated heterocycles. The molecule has 0 radical (unpaired) electrons. The third-order valence-corrected chi connectivity index (χ3v) is 2.97. The van der Waals surface area contributed by atoms with Gasteiger partial charge in [-0.2, -0.15) is 5.10 Å². The molecule has 0 aliphatic heterocycles. The van der Waals surface area contributed by atoms with Crippen molar-refractivity contribution in [2.24, 2.45) is 0 Å². The summed E-state index contributed by atoms with van der Waals surface area (Å²) in [5.41, 5.74) is 3.24. The van der Waals surface area contributed by atoms with E-state index >= 15 is 0 Å². The molecule has 1 aromatic carbocycles. The van der Waals surface area contributed by atoms with Crippen LogP contribution in [0.1, 0.15) is 32.2 Å². The van der Waals surface area contributed by atoms with Gasteiger partial charge in [0.2, 0.25) is 0 Å². The predicted molar refractivity (Wildman–Crippen MR) is 73.6 cm³/mol. The van der Waals surface area contributed by atoms with E-state index in [9.17, 15) is 0 Å². The molecule has 96 valence electrons. The summed E-state index contributed by atoms with van der Waals surface area (Å²) in [6.45, 7) is 8.57. The van der Waals surface area contributed by atoms with Crippen LogP contribution in [0.4, 0.5) is 0 Å².